The maximum atomic E-state index is 12.7. The number of nitrogens with zero attached hydrogens (tertiary/aromatic N) is 2. The van der Waals surface area contributed by atoms with Crippen molar-refractivity contribution in [2.24, 2.45) is 0 Å². The van der Waals surface area contributed by atoms with E-state index < -0.39 is 0 Å². The van der Waals surface area contributed by atoms with Crippen LogP contribution in [0.25, 0.3) is 0 Å². The molecule has 1 spiro atoms. The fraction of sp³-hybridized carbons (Fsp3) is 0.444. The van der Waals surface area contributed by atoms with Crippen molar-refractivity contribution in [2.45, 2.75) is 50.6 Å². The van der Waals surface area contributed by atoms with Crippen LogP contribution < -0.4 is 10.9 Å². The van der Waals surface area contributed by atoms with Crippen LogP contribution in [-0.2, 0) is 18.5 Å². The summed E-state index contributed by atoms with van der Waals surface area (Å²) < 4.78 is 1.95. The number of hydrogen-bond donors (Lipinski definition) is 1. The fourth-order valence-electron chi connectivity index (χ4n) is 4.05. The molecule has 0 amide bonds. The molecule has 114 valence electrons. The van der Waals surface area contributed by atoms with Gasteiger partial charge in [-0.3, -0.25) is 4.79 Å². The summed E-state index contributed by atoms with van der Waals surface area (Å²) in [5.41, 5.74) is 2.60. The highest BCUT2D eigenvalue weighted by molar-refractivity contribution is 5.36. The van der Waals surface area contributed by atoms with Crippen LogP contribution in [0.1, 0.15) is 43.4 Å². The van der Waals surface area contributed by atoms with E-state index in [2.05, 4.69) is 10.3 Å². The predicted octanol–water partition coefficient (Wildman–Crippen LogP) is 3.07. The third-order valence-electron chi connectivity index (χ3n) is 5.28. The van der Waals surface area contributed by atoms with Gasteiger partial charge in [-0.15, -0.1) is 0 Å². The summed E-state index contributed by atoms with van der Waals surface area (Å²) in [6.07, 6.45) is 8.03. The second-order valence-electron chi connectivity index (χ2n) is 6.53. The van der Waals surface area contributed by atoms with Crippen LogP contribution in [-0.4, -0.2) is 9.55 Å². The maximum Gasteiger partial charge on any atom is 0.293 e. The molecule has 1 aromatic heterocycles. The first kappa shape index (κ1) is 13.6. The molecule has 0 radical (unpaired) electrons. The summed E-state index contributed by atoms with van der Waals surface area (Å²) in [5.74, 6) is 0.475. The van der Waals surface area contributed by atoms with Gasteiger partial charge in [0.15, 0.2) is 5.82 Å². The lowest BCUT2D eigenvalue weighted by Crippen LogP contribution is -2.27. The summed E-state index contributed by atoms with van der Waals surface area (Å²) in [6.45, 7) is 1.48. The highest BCUT2D eigenvalue weighted by Crippen LogP contribution is 2.46. The molecule has 0 bridgehead atoms. The minimum Gasteiger partial charge on any atom is -0.361 e. The molecule has 2 heterocycles. The van der Waals surface area contributed by atoms with Gasteiger partial charge in [-0.2, -0.15) is 0 Å². The Labute approximate surface area is 130 Å². The summed E-state index contributed by atoms with van der Waals surface area (Å²) in [6, 6.07) is 10.1. The summed E-state index contributed by atoms with van der Waals surface area (Å²) in [4.78, 5) is 17.1. The number of aromatic nitrogens is 2. The van der Waals surface area contributed by atoms with Gasteiger partial charge in [0.2, 0.25) is 0 Å². The number of nitrogens with one attached hydrogen (secondary N) is 1. The number of rotatable bonds is 3. The quantitative estimate of drug-likeness (QED) is 0.946. The zero-order chi connectivity index (χ0) is 15.0. The zero-order valence-corrected chi connectivity index (χ0v) is 12.7. The Bertz CT molecular complexity index is 730. The van der Waals surface area contributed by atoms with Crippen molar-refractivity contribution in [1.29, 1.82) is 0 Å². The Kier molecular flexibility index (Phi) is 3.25. The molecule has 0 atom stereocenters. The highest BCUT2D eigenvalue weighted by Gasteiger charge is 2.42. The van der Waals surface area contributed by atoms with Crippen molar-refractivity contribution in [3.63, 3.8) is 0 Å². The summed E-state index contributed by atoms with van der Waals surface area (Å²) in [7, 11) is 0. The van der Waals surface area contributed by atoms with Crippen LogP contribution in [0, 0.1) is 0 Å². The van der Waals surface area contributed by atoms with E-state index in [1.54, 1.807) is 0 Å². The Hall–Kier alpha value is -2.10. The molecule has 2 aromatic rings. The number of benzene rings is 1. The first-order valence-electron chi connectivity index (χ1n) is 8.17. The van der Waals surface area contributed by atoms with E-state index in [1.165, 1.54) is 31.4 Å². The lowest BCUT2D eigenvalue weighted by Gasteiger charge is -2.22. The van der Waals surface area contributed by atoms with Gasteiger partial charge in [0, 0.05) is 30.4 Å². The zero-order valence-electron chi connectivity index (χ0n) is 12.7. The van der Waals surface area contributed by atoms with E-state index in [9.17, 15) is 4.79 Å². The fourth-order valence-corrected chi connectivity index (χ4v) is 4.05. The Morgan fingerprint density at radius 3 is 2.68 bits per heavy atom. The highest BCUT2D eigenvalue weighted by atomic mass is 16.1. The van der Waals surface area contributed by atoms with Gasteiger partial charge in [0.1, 0.15) is 0 Å². The Morgan fingerprint density at radius 2 is 1.91 bits per heavy atom. The van der Waals surface area contributed by atoms with Crippen LogP contribution in [0.15, 0.2) is 41.3 Å². The van der Waals surface area contributed by atoms with E-state index in [-0.39, 0.29) is 11.0 Å². The van der Waals surface area contributed by atoms with Gasteiger partial charge >= 0.3 is 0 Å². The molecule has 1 aliphatic carbocycles. The monoisotopic (exact) mass is 295 g/mol. The molecule has 1 aliphatic heterocycles. The number of hydrogen-bond acceptors (Lipinski definition) is 3. The van der Waals surface area contributed by atoms with Crippen molar-refractivity contribution in [3.05, 3.63) is 58.1 Å². The van der Waals surface area contributed by atoms with E-state index >= 15 is 0 Å². The lowest BCUT2D eigenvalue weighted by atomic mass is 9.82. The third kappa shape index (κ3) is 2.14. The van der Waals surface area contributed by atoms with Crippen LogP contribution in [0.5, 0.6) is 0 Å². The molecule has 1 N–H and O–H groups in total. The average molecular weight is 295 g/mol. The van der Waals surface area contributed by atoms with Crippen LogP contribution >= 0.6 is 0 Å². The van der Waals surface area contributed by atoms with Crippen molar-refractivity contribution >= 4 is 5.82 Å². The van der Waals surface area contributed by atoms with Gasteiger partial charge in [-0.25, -0.2) is 4.98 Å². The second kappa shape index (κ2) is 5.27. The molecule has 4 rings (SSSR count). The van der Waals surface area contributed by atoms with Gasteiger partial charge in [-0.05, 0) is 24.8 Å². The molecule has 0 saturated heterocycles. The topological polar surface area (TPSA) is 46.9 Å². The normalized spacial score (nSPS) is 18.5. The first-order chi connectivity index (χ1) is 10.8. The van der Waals surface area contributed by atoms with E-state index in [0.29, 0.717) is 12.4 Å². The third-order valence-corrected chi connectivity index (χ3v) is 5.28. The molecule has 2 aliphatic rings. The average Bonchev–Trinajstić information content (AvgIpc) is 3.17. The van der Waals surface area contributed by atoms with Crippen molar-refractivity contribution in [3.8, 4) is 0 Å². The van der Waals surface area contributed by atoms with E-state index in [1.807, 2.05) is 41.1 Å². The molecule has 1 aromatic carbocycles. The standard InChI is InChI=1S/C18H21N3O/c22-17-16(19-12-14-6-2-1-3-7-14)20-13-15-18(8-4-5-9-18)10-11-21(15)17/h1-3,6-7,13H,4-5,8-12H2,(H,19,20). The van der Waals surface area contributed by atoms with Gasteiger partial charge in [-0.1, -0.05) is 43.2 Å². The van der Waals surface area contributed by atoms with Crippen molar-refractivity contribution < 1.29 is 0 Å². The maximum absolute atomic E-state index is 12.7. The molecular weight excluding hydrogens is 274 g/mol. The Morgan fingerprint density at radius 1 is 1.14 bits per heavy atom. The summed E-state index contributed by atoms with van der Waals surface area (Å²) >= 11 is 0. The smallest absolute Gasteiger partial charge is 0.293 e. The molecule has 1 fully saturated rings. The molecule has 0 unspecified atom stereocenters. The van der Waals surface area contributed by atoms with Gasteiger partial charge < -0.3 is 9.88 Å². The van der Waals surface area contributed by atoms with E-state index in [0.717, 1.165) is 18.5 Å². The molecule has 4 heteroatoms. The van der Waals surface area contributed by atoms with Crippen molar-refractivity contribution in [1.82, 2.24) is 9.55 Å². The predicted molar refractivity (Wildman–Crippen MR) is 87.0 cm³/mol. The Balaban J connectivity index is 1.60. The number of anilines is 1. The molecule has 4 nitrogen and oxygen atoms in total. The lowest BCUT2D eigenvalue weighted by molar-refractivity contribution is 0.438. The van der Waals surface area contributed by atoms with Crippen LogP contribution in [0.2, 0.25) is 0 Å². The second-order valence-corrected chi connectivity index (χ2v) is 6.53. The van der Waals surface area contributed by atoms with Crippen LogP contribution in [0.4, 0.5) is 5.82 Å². The largest absolute Gasteiger partial charge is 0.361 e. The van der Waals surface area contributed by atoms with Gasteiger partial charge in [0.05, 0.1) is 0 Å². The summed E-state index contributed by atoms with van der Waals surface area (Å²) in [5, 5.41) is 3.19. The number of fused-ring (bicyclic) bond motifs is 2. The molecule has 1 saturated carbocycles. The van der Waals surface area contributed by atoms with E-state index in [4.69, 9.17) is 0 Å². The first-order valence-corrected chi connectivity index (χ1v) is 8.17. The van der Waals surface area contributed by atoms with Crippen LogP contribution in [0.3, 0.4) is 0 Å². The van der Waals surface area contributed by atoms with Crippen molar-refractivity contribution in [2.75, 3.05) is 5.32 Å². The molecular formula is C18H21N3O. The van der Waals surface area contributed by atoms with Gasteiger partial charge in [0.25, 0.3) is 5.56 Å². The SMILES string of the molecule is O=c1c(NCc2ccccc2)ncc2n1CCC21CCCC1. The minimum atomic E-state index is 0.0391. The molecule has 22 heavy (non-hydrogen) atoms. The minimum absolute atomic E-state index is 0.0391.